The molecular weight excluding hydrogens is 512 g/mol. The molecule has 0 heterocycles. The highest BCUT2D eigenvalue weighted by atomic mass is 16.3. The quantitative estimate of drug-likeness (QED) is 0.378. The van der Waals surface area contributed by atoms with Gasteiger partial charge in [-0.2, -0.15) is 0 Å². The summed E-state index contributed by atoms with van der Waals surface area (Å²) in [5.74, 6) is -4.33. The molecule has 40 heavy (non-hydrogen) atoms. The first-order valence-corrected chi connectivity index (χ1v) is 13.9. The maximum absolute atomic E-state index is 14.0. The molecule has 1 aromatic carbocycles. The third kappa shape index (κ3) is 4.04. The number of hydrogen-bond donors (Lipinski definition) is 3. The number of aryl methyl sites for hydroxylation is 1. The zero-order valence-electron chi connectivity index (χ0n) is 23.0. The molecule has 2 fully saturated rings. The summed E-state index contributed by atoms with van der Waals surface area (Å²) in [7, 11) is 3.13. The zero-order chi connectivity index (χ0) is 29.1. The molecule has 9 heteroatoms. The van der Waals surface area contributed by atoms with E-state index in [1.165, 1.54) is 4.90 Å². The Morgan fingerprint density at radius 2 is 1.88 bits per heavy atom. The third-order valence-electron chi connectivity index (χ3n) is 9.18. The molecule has 1 aromatic rings. The lowest BCUT2D eigenvalue weighted by Crippen LogP contribution is -2.74. The van der Waals surface area contributed by atoms with Crippen LogP contribution in [0.1, 0.15) is 66.1 Å². The largest absolute Gasteiger partial charge is 0.506 e. The summed E-state index contributed by atoms with van der Waals surface area (Å²) < 4.78 is 0. The molecule has 6 unspecified atom stereocenters. The summed E-state index contributed by atoms with van der Waals surface area (Å²) >= 11 is 0. The Kier molecular flexibility index (Phi) is 7.05. The van der Waals surface area contributed by atoms with Crippen molar-refractivity contribution < 1.29 is 34.2 Å². The molecule has 6 atom stereocenters. The number of carbonyl (C=O) groups is 5. The lowest BCUT2D eigenvalue weighted by molar-refractivity contribution is -0.181. The molecule has 1 amide bonds. The van der Waals surface area contributed by atoms with Gasteiger partial charge in [-0.15, -0.1) is 0 Å². The van der Waals surface area contributed by atoms with Crippen molar-refractivity contribution in [3.8, 4) is 17.6 Å². The molecule has 0 aromatic heterocycles. The van der Waals surface area contributed by atoms with Crippen molar-refractivity contribution in [3.05, 3.63) is 40.0 Å². The second-order valence-corrected chi connectivity index (χ2v) is 11.7. The number of ketones is 4. The van der Waals surface area contributed by atoms with Gasteiger partial charge in [-0.05, 0) is 87.7 Å². The number of nitrogens with two attached hydrogens (primary N) is 1. The monoisotopic (exact) mass is 546 g/mol. The number of carbonyl (C=O) groups excluding carboxylic acids is 5. The van der Waals surface area contributed by atoms with Gasteiger partial charge in [-0.3, -0.25) is 28.9 Å². The average Bonchev–Trinajstić information content (AvgIpc) is 2.90. The fourth-order valence-corrected chi connectivity index (χ4v) is 7.26. The summed E-state index contributed by atoms with van der Waals surface area (Å²) in [6.45, 7) is 1.93. The number of benzene rings is 1. The van der Waals surface area contributed by atoms with Gasteiger partial charge in [0.2, 0.25) is 5.91 Å². The van der Waals surface area contributed by atoms with Crippen molar-refractivity contribution in [3.63, 3.8) is 0 Å². The van der Waals surface area contributed by atoms with E-state index < -0.39 is 64.4 Å². The van der Waals surface area contributed by atoms with Crippen molar-refractivity contribution in [1.82, 2.24) is 4.90 Å². The molecule has 0 bridgehead atoms. The number of amides is 1. The second kappa shape index (κ2) is 10.1. The number of rotatable bonds is 3. The van der Waals surface area contributed by atoms with E-state index in [4.69, 9.17) is 5.73 Å². The number of hydrogen-bond acceptors (Lipinski definition) is 8. The number of primary amides is 1. The second-order valence-electron chi connectivity index (χ2n) is 11.7. The van der Waals surface area contributed by atoms with Gasteiger partial charge in [0.25, 0.3) is 0 Å². The van der Waals surface area contributed by atoms with Gasteiger partial charge in [0.15, 0.2) is 34.7 Å². The molecule has 0 aliphatic heterocycles. The van der Waals surface area contributed by atoms with Crippen LogP contribution >= 0.6 is 0 Å². The molecular formula is C31H34N2O7. The van der Waals surface area contributed by atoms with E-state index in [0.717, 1.165) is 36.8 Å². The van der Waals surface area contributed by atoms with Crippen LogP contribution in [0.15, 0.2) is 17.7 Å². The Bertz CT molecular complexity index is 1450. The zero-order valence-corrected chi connectivity index (χ0v) is 23.0. The van der Waals surface area contributed by atoms with Crippen molar-refractivity contribution in [2.75, 3.05) is 14.1 Å². The summed E-state index contributed by atoms with van der Waals surface area (Å²) in [6.07, 6.45) is 6.87. The lowest BCUT2D eigenvalue weighted by atomic mass is 9.52. The van der Waals surface area contributed by atoms with E-state index >= 15 is 0 Å². The van der Waals surface area contributed by atoms with Crippen molar-refractivity contribution in [1.29, 1.82) is 0 Å². The van der Waals surface area contributed by atoms with Gasteiger partial charge >= 0.3 is 0 Å². The summed E-state index contributed by atoms with van der Waals surface area (Å²) in [5, 5.41) is 23.0. The van der Waals surface area contributed by atoms with Crippen molar-refractivity contribution >= 4 is 29.0 Å². The van der Waals surface area contributed by atoms with Crippen LogP contribution in [-0.2, 0) is 32.0 Å². The SMILES string of the molecule is CCc1cc(C#CC2=CCCCC2)c(O)c2c1CC1CC3C(N(C)C)C(=O)C(C(N)=O)C(=O)C3(O)C(=O)C1C2=O. The smallest absolute Gasteiger partial charge is 0.235 e. The van der Waals surface area contributed by atoms with Gasteiger partial charge < -0.3 is 15.9 Å². The van der Waals surface area contributed by atoms with Gasteiger partial charge in [0, 0.05) is 5.92 Å². The summed E-state index contributed by atoms with van der Waals surface area (Å²) in [6, 6.07) is 0.666. The summed E-state index contributed by atoms with van der Waals surface area (Å²) in [5.41, 5.74) is 5.34. The molecule has 5 rings (SSSR count). The van der Waals surface area contributed by atoms with Crippen LogP contribution in [0.25, 0.3) is 0 Å². The van der Waals surface area contributed by atoms with E-state index in [1.807, 2.05) is 6.92 Å². The van der Waals surface area contributed by atoms with E-state index in [2.05, 4.69) is 17.9 Å². The molecule has 4 aliphatic rings. The van der Waals surface area contributed by atoms with Crippen LogP contribution in [-0.4, -0.2) is 69.9 Å². The molecule has 0 saturated heterocycles. The van der Waals surface area contributed by atoms with Gasteiger partial charge in [0.05, 0.1) is 23.1 Å². The highest BCUT2D eigenvalue weighted by molar-refractivity contribution is 6.32. The van der Waals surface area contributed by atoms with Gasteiger partial charge in [0.1, 0.15) is 5.75 Å². The van der Waals surface area contributed by atoms with Crippen LogP contribution in [0.4, 0.5) is 0 Å². The Balaban J connectivity index is 1.61. The van der Waals surface area contributed by atoms with Gasteiger partial charge in [-0.25, -0.2) is 0 Å². The molecule has 4 N–H and O–H groups in total. The third-order valence-corrected chi connectivity index (χ3v) is 9.18. The first-order chi connectivity index (χ1) is 18.9. The molecule has 0 spiro atoms. The summed E-state index contributed by atoms with van der Waals surface area (Å²) in [4.78, 5) is 68.2. The number of fused-ring (bicyclic) bond motifs is 3. The molecule has 2 saturated carbocycles. The maximum Gasteiger partial charge on any atom is 0.235 e. The predicted molar refractivity (Wildman–Crippen MR) is 144 cm³/mol. The van der Waals surface area contributed by atoms with Crippen LogP contribution in [0.5, 0.6) is 5.75 Å². The Morgan fingerprint density at radius 3 is 2.48 bits per heavy atom. The molecule has 0 radical (unpaired) electrons. The standard InChI is InChI=1S/C31H34N2O7/c1-4-16-12-17(11-10-15-8-6-5-7-9-15)25(34)22-19(16)13-18-14-20-24(33(2)3)27(36)23(30(32)39)29(38)31(20,40)28(37)21(18)26(22)35/h8,12,18,20-21,23-24,34,40H,4-7,9,13-14H2,1-3H3,(H2,32,39). The average molecular weight is 547 g/mol. The first-order valence-electron chi connectivity index (χ1n) is 13.9. The molecule has 4 aliphatic carbocycles. The number of aliphatic hydroxyl groups is 1. The fourth-order valence-electron chi connectivity index (χ4n) is 7.26. The minimum atomic E-state index is -2.73. The van der Waals surface area contributed by atoms with E-state index in [1.54, 1.807) is 20.2 Å². The maximum atomic E-state index is 14.0. The van der Waals surface area contributed by atoms with Crippen LogP contribution in [0.3, 0.4) is 0 Å². The number of Topliss-reactive ketones (excluding diaryl/α,β-unsaturated/α-hetero) is 4. The van der Waals surface area contributed by atoms with E-state index in [9.17, 15) is 34.2 Å². The predicted octanol–water partition coefficient (Wildman–Crippen LogP) is 1.28. The minimum Gasteiger partial charge on any atom is -0.506 e. The van der Waals surface area contributed by atoms with Crippen LogP contribution in [0.2, 0.25) is 0 Å². The number of phenolic OH excluding ortho intramolecular Hbond substituents is 1. The van der Waals surface area contributed by atoms with Crippen molar-refractivity contribution in [2.45, 2.75) is 63.5 Å². The van der Waals surface area contributed by atoms with Crippen molar-refractivity contribution in [2.24, 2.45) is 29.4 Å². The topological polar surface area (TPSA) is 155 Å². The highest BCUT2D eigenvalue weighted by Gasteiger charge is 2.69. The highest BCUT2D eigenvalue weighted by Crippen LogP contribution is 2.51. The minimum absolute atomic E-state index is 0.00660. The fraction of sp³-hybridized carbons (Fsp3) is 0.516. The lowest BCUT2D eigenvalue weighted by Gasteiger charge is -2.52. The molecule has 9 nitrogen and oxygen atoms in total. The normalized spacial score (nSPS) is 31.5. The van der Waals surface area contributed by atoms with Crippen LogP contribution < -0.4 is 5.73 Å². The van der Waals surface area contributed by atoms with Gasteiger partial charge in [-0.1, -0.05) is 24.8 Å². The van der Waals surface area contributed by atoms with Crippen LogP contribution in [0, 0.1) is 35.5 Å². The number of likely N-dealkylation sites (N-methyl/N-ethyl adjacent to an activating group) is 1. The number of aromatic hydroxyl groups is 1. The Labute approximate surface area is 232 Å². The number of nitrogens with zero attached hydrogens (tertiary/aromatic N) is 1. The number of phenols is 1. The number of allylic oxidation sites excluding steroid dienone is 2. The first kappa shape index (κ1) is 27.9. The Hall–Kier alpha value is -3.61. The molecule has 210 valence electrons. The van der Waals surface area contributed by atoms with E-state index in [0.29, 0.717) is 12.0 Å². The Morgan fingerprint density at radius 1 is 1.15 bits per heavy atom. The van der Waals surface area contributed by atoms with E-state index in [-0.39, 0.29) is 29.7 Å².